The third kappa shape index (κ3) is 7.04. The van der Waals surface area contributed by atoms with E-state index in [1.54, 1.807) is 0 Å². The number of benzene rings is 1. The Morgan fingerprint density at radius 2 is 1.83 bits per heavy atom. The van der Waals surface area contributed by atoms with Crippen molar-refractivity contribution >= 4 is 23.6 Å². The van der Waals surface area contributed by atoms with E-state index in [0.29, 0.717) is 44.3 Å². The number of likely N-dealkylation sites (tertiary alicyclic amines) is 1. The van der Waals surface area contributed by atoms with Crippen molar-refractivity contribution in [3.8, 4) is 0 Å². The number of anilines is 1. The fourth-order valence-electron chi connectivity index (χ4n) is 4.68. The number of pyridine rings is 1. The van der Waals surface area contributed by atoms with Crippen LogP contribution in [0.3, 0.4) is 0 Å². The number of carboxylic acids is 1. The lowest BCUT2D eigenvalue weighted by Crippen LogP contribution is -2.45. The van der Waals surface area contributed by atoms with Crippen molar-refractivity contribution < 1.29 is 19.5 Å². The molecule has 1 saturated heterocycles. The first-order chi connectivity index (χ1) is 16.8. The highest BCUT2D eigenvalue weighted by atomic mass is 16.4. The summed E-state index contributed by atoms with van der Waals surface area (Å²) in [5, 5.41) is 15.7. The van der Waals surface area contributed by atoms with Gasteiger partial charge in [-0.05, 0) is 68.7 Å². The standard InChI is InChI=1S/C27H36N4O4/c1-4-20-9-6-8-18(3)25(20)26(33)30-22(27(34)35)16-19-12-14-31(15-13-19)24(32)17-21-10-7-11-23(29-21)28-5-2/h6-11,19,22H,4-5,12-17H2,1-3H3,(H,28,29)(H,30,33)(H,34,35). The second-order valence-electron chi connectivity index (χ2n) is 9.11. The Kier molecular flexibility index (Phi) is 9.23. The molecule has 0 bridgehead atoms. The number of aromatic nitrogens is 1. The summed E-state index contributed by atoms with van der Waals surface area (Å²) in [6.07, 6.45) is 2.71. The Bertz CT molecular complexity index is 1050. The van der Waals surface area contributed by atoms with E-state index >= 15 is 0 Å². The van der Waals surface area contributed by atoms with Crippen molar-refractivity contribution in [3.63, 3.8) is 0 Å². The number of hydrogen-bond donors (Lipinski definition) is 3. The molecule has 35 heavy (non-hydrogen) atoms. The summed E-state index contributed by atoms with van der Waals surface area (Å²) < 4.78 is 0. The van der Waals surface area contributed by atoms with E-state index in [-0.39, 0.29) is 24.2 Å². The van der Waals surface area contributed by atoms with Crippen molar-refractivity contribution in [2.45, 2.75) is 58.9 Å². The maximum Gasteiger partial charge on any atom is 0.326 e. The molecule has 2 amide bonds. The lowest BCUT2D eigenvalue weighted by atomic mass is 9.89. The molecule has 188 valence electrons. The zero-order valence-corrected chi connectivity index (χ0v) is 20.8. The number of amides is 2. The maximum atomic E-state index is 12.9. The van der Waals surface area contributed by atoms with Crippen LogP contribution in [-0.2, 0) is 22.4 Å². The van der Waals surface area contributed by atoms with Crippen LogP contribution in [0.15, 0.2) is 36.4 Å². The molecule has 1 atom stereocenters. The third-order valence-corrected chi connectivity index (χ3v) is 6.60. The van der Waals surface area contributed by atoms with E-state index in [9.17, 15) is 19.5 Å². The average molecular weight is 481 g/mol. The molecule has 8 nitrogen and oxygen atoms in total. The first-order valence-corrected chi connectivity index (χ1v) is 12.4. The van der Waals surface area contributed by atoms with E-state index in [2.05, 4.69) is 15.6 Å². The molecular weight excluding hydrogens is 444 g/mol. The Labute approximate surface area is 207 Å². The maximum absolute atomic E-state index is 12.9. The number of piperidine rings is 1. The molecule has 3 N–H and O–H groups in total. The molecule has 1 aliphatic heterocycles. The van der Waals surface area contributed by atoms with Gasteiger partial charge >= 0.3 is 5.97 Å². The van der Waals surface area contributed by atoms with E-state index < -0.39 is 12.0 Å². The van der Waals surface area contributed by atoms with Crippen molar-refractivity contribution in [1.82, 2.24) is 15.2 Å². The first kappa shape index (κ1) is 26.2. The van der Waals surface area contributed by atoms with Gasteiger partial charge in [0, 0.05) is 25.2 Å². The second-order valence-corrected chi connectivity index (χ2v) is 9.11. The molecule has 2 heterocycles. The molecule has 1 aromatic heterocycles. The van der Waals surface area contributed by atoms with Crippen LogP contribution in [-0.4, -0.2) is 58.5 Å². The SMILES string of the molecule is CCNc1cccc(CC(=O)N2CCC(CC(NC(=O)c3c(C)cccc3CC)C(=O)O)CC2)n1. The number of carbonyl (C=O) groups is 3. The van der Waals surface area contributed by atoms with E-state index in [0.717, 1.165) is 29.2 Å². The van der Waals surface area contributed by atoms with Gasteiger partial charge < -0.3 is 20.6 Å². The second kappa shape index (κ2) is 12.3. The van der Waals surface area contributed by atoms with Crippen LogP contribution in [0.4, 0.5) is 5.82 Å². The third-order valence-electron chi connectivity index (χ3n) is 6.60. The van der Waals surface area contributed by atoms with Crippen molar-refractivity contribution in [2.75, 3.05) is 25.0 Å². The van der Waals surface area contributed by atoms with Crippen molar-refractivity contribution in [1.29, 1.82) is 0 Å². The van der Waals surface area contributed by atoms with Crippen molar-refractivity contribution in [2.24, 2.45) is 5.92 Å². The number of nitrogens with zero attached hydrogens (tertiary/aromatic N) is 2. The highest BCUT2D eigenvalue weighted by Crippen LogP contribution is 2.24. The van der Waals surface area contributed by atoms with Crippen LogP contribution < -0.4 is 10.6 Å². The summed E-state index contributed by atoms with van der Waals surface area (Å²) in [6.45, 7) is 7.76. The fourth-order valence-corrected chi connectivity index (χ4v) is 4.68. The molecule has 0 saturated carbocycles. The van der Waals surface area contributed by atoms with Gasteiger partial charge in [0.1, 0.15) is 11.9 Å². The molecule has 1 aromatic carbocycles. The van der Waals surface area contributed by atoms with Gasteiger partial charge in [0.25, 0.3) is 5.91 Å². The van der Waals surface area contributed by atoms with Gasteiger partial charge in [-0.25, -0.2) is 9.78 Å². The molecular formula is C27H36N4O4. The van der Waals surface area contributed by atoms with Gasteiger partial charge in [-0.1, -0.05) is 31.2 Å². The van der Waals surface area contributed by atoms with Crippen LogP contribution in [0, 0.1) is 12.8 Å². The molecule has 0 spiro atoms. The molecule has 0 radical (unpaired) electrons. The van der Waals surface area contributed by atoms with Gasteiger partial charge in [0.2, 0.25) is 5.91 Å². The Morgan fingerprint density at radius 3 is 2.49 bits per heavy atom. The van der Waals surface area contributed by atoms with E-state index in [4.69, 9.17) is 0 Å². The number of rotatable bonds is 10. The largest absolute Gasteiger partial charge is 0.480 e. The number of nitrogens with one attached hydrogen (secondary N) is 2. The van der Waals surface area contributed by atoms with Crippen LogP contribution in [0.1, 0.15) is 60.3 Å². The lowest BCUT2D eigenvalue weighted by Gasteiger charge is -2.33. The van der Waals surface area contributed by atoms with Gasteiger partial charge in [0.15, 0.2) is 0 Å². The average Bonchev–Trinajstić information content (AvgIpc) is 2.84. The van der Waals surface area contributed by atoms with Crippen molar-refractivity contribution in [3.05, 3.63) is 58.8 Å². The summed E-state index contributed by atoms with van der Waals surface area (Å²) in [5.74, 6) is -0.463. The van der Waals surface area contributed by atoms with Crippen LogP contribution in [0.2, 0.25) is 0 Å². The monoisotopic (exact) mass is 480 g/mol. The lowest BCUT2D eigenvalue weighted by molar-refractivity contribution is -0.140. The highest BCUT2D eigenvalue weighted by Gasteiger charge is 2.29. The minimum atomic E-state index is -1.03. The minimum Gasteiger partial charge on any atom is -0.480 e. The Balaban J connectivity index is 1.54. The van der Waals surface area contributed by atoms with E-state index in [1.165, 1.54) is 0 Å². The smallest absolute Gasteiger partial charge is 0.326 e. The van der Waals surface area contributed by atoms with Gasteiger partial charge in [0.05, 0.1) is 12.1 Å². The molecule has 1 aliphatic rings. The normalized spacial score (nSPS) is 14.9. The number of carbonyl (C=O) groups excluding carboxylic acids is 2. The summed E-state index contributed by atoms with van der Waals surface area (Å²) in [5.41, 5.74) is 3.03. The predicted molar refractivity (Wildman–Crippen MR) is 135 cm³/mol. The summed E-state index contributed by atoms with van der Waals surface area (Å²) >= 11 is 0. The van der Waals surface area contributed by atoms with Gasteiger partial charge in [-0.2, -0.15) is 0 Å². The summed E-state index contributed by atoms with van der Waals surface area (Å²) in [7, 11) is 0. The zero-order chi connectivity index (χ0) is 25.4. The fraction of sp³-hybridized carbons (Fsp3) is 0.481. The quantitative estimate of drug-likeness (QED) is 0.480. The molecule has 8 heteroatoms. The van der Waals surface area contributed by atoms with E-state index in [1.807, 2.05) is 62.1 Å². The minimum absolute atomic E-state index is 0.0272. The van der Waals surface area contributed by atoms with Crippen LogP contribution >= 0.6 is 0 Å². The van der Waals surface area contributed by atoms with Crippen LogP contribution in [0.5, 0.6) is 0 Å². The molecule has 3 rings (SSSR count). The van der Waals surface area contributed by atoms with Gasteiger partial charge in [-0.3, -0.25) is 9.59 Å². The Morgan fingerprint density at radius 1 is 1.11 bits per heavy atom. The number of hydrogen-bond acceptors (Lipinski definition) is 5. The molecule has 0 aliphatic carbocycles. The summed E-state index contributed by atoms with van der Waals surface area (Å²) in [6, 6.07) is 10.3. The molecule has 1 unspecified atom stereocenters. The molecule has 1 fully saturated rings. The predicted octanol–water partition coefficient (Wildman–Crippen LogP) is 3.44. The number of aryl methyl sites for hydroxylation is 2. The zero-order valence-electron chi connectivity index (χ0n) is 20.8. The first-order valence-electron chi connectivity index (χ1n) is 12.4. The van der Waals surface area contributed by atoms with Gasteiger partial charge in [-0.15, -0.1) is 0 Å². The summed E-state index contributed by atoms with van der Waals surface area (Å²) in [4.78, 5) is 44.0. The molecule has 2 aromatic rings. The van der Waals surface area contributed by atoms with Crippen LogP contribution in [0.25, 0.3) is 0 Å². The topological polar surface area (TPSA) is 112 Å². The Hall–Kier alpha value is -3.42. The highest BCUT2D eigenvalue weighted by molar-refractivity contribution is 5.99. The number of carboxylic acid groups (broad SMARTS) is 1. The number of aliphatic carboxylic acids is 1.